The monoisotopic (exact) mass is 364 g/mol. The molecule has 2 N–H and O–H groups in total. The molecule has 0 saturated carbocycles. The lowest BCUT2D eigenvalue weighted by Gasteiger charge is -2.13. The fourth-order valence-corrected chi connectivity index (χ4v) is 3.43. The van der Waals surface area contributed by atoms with Crippen molar-refractivity contribution in [2.75, 3.05) is 19.3 Å². The number of halogens is 2. The summed E-state index contributed by atoms with van der Waals surface area (Å²) < 4.78 is 37.6. The maximum absolute atomic E-state index is 14.2. The molecule has 1 aliphatic heterocycles. The molecule has 1 amide bonds. The van der Waals surface area contributed by atoms with Crippen molar-refractivity contribution in [3.8, 4) is 0 Å². The van der Waals surface area contributed by atoms with Gasteiger partial charge in [0.25, 0.3) is 5.91 Å². The van der Waals surface area contributed by atoms with Crippen LogP contribution in [0.4, 0.5) is 4.39 Å². The molecule has 0 aliphatic carbocycles. The fraction of sp³-hybridized carbons (Fsp3) is 0.417. The number of carbonyl (C=O) groups is 1. The maximum atomic E-state index is 14.2. The molecule has 0 radical (unpaired) electrons. The Morgan fingerprint density at radius 2 is 2.20 bits per heavy atom. The van der Waals surface area contributed by atoms with Crippen LogP contribution in [0.3, 0.4) is 0 Å². The van der Waals surface area contributed by atoms with Crippen molar-refractivity contribution >= 4 is 31.7 Å². The molecule has 110 valence electrons. The fourth-order valence-electron chi connectivity index (χ4n) is 2.04. The number of benzene rings is 1. The highest BCUT2D eigenvalue weighted by Gasteiger charge is 2.24. The number of sulfone groups is 1. The van der Waals surface area contributed by atoms with Gasteiger partial charge in [-0.2, -0.15) is 0 Å². The largest absolute Gasteiger partial charge is 0.348 e. The minimum absolute atomic E-state index is 0.0671. The Labute approximate surface area is 125 Å². The van der Waals surface area contributed by atoms with E-state index in [4.69, 9.17) is 0 Å². The second kappa shape index (κ2) is 5.79. The summed E-state index contributed by atoms with van der Waals surface area (Å²) in [5.74, 6) is -1.62. The molecule has 1 aromatic rings. The Morgan fingerprint density at radius 3 is 2.75 bits per heavy atom. The summed E-state index contributed by atoms with van der Waals surface area (Å²) in [6.45, 7) is 1.42. The van der Waals surface area contributed by atoms with Gasteiger partial charge in [0.1, 0.15) is 4.90 Å². The van der Waals surface area contributed by atoms with Crippen molar-refractivity contribution in [1.29, 1.82) is 0 Å². The first kappa shape index (κ1) is 15.4. The Kier molecular flexibility index (Phi) is 4.46. The van der Waals surface area contributed by atoms with Crippen LogP contribution in [0.1, 0.15) is 16.8 Å². The third-order valence-corrected chi connectivity index (χ3v) is 4.60. The van der Waals surface area contributed by atoms with Gasteiger partial charge in [0.05, 0.1) is 5.56 Å². The smallest absolute Gasteiger partial charge is 0.254 e. The van der Waals surface area contributed by atoms with Gasteiger partial charge in [-0.3, -0.25) is 4.79 Å². The summed E-state index contributed by atoms with van der Waals surface area (Å²) >= 11 is 3.10. The van der Waals surface area contributed by atoms with E-state index in [1.807, 2.05) is 0 Å². The average Bonchev–Trinajstić information content (AvgIpc) is 2.83. The highest BCUT2D eigenvalue weighted by molar-refractivity contribution is 9.10. The molecule has 0 bridgehead atoms. The van der Waals surface area contributed by atoms with Crippen LogP contribution in [-0.4, -0.2) is 39.7 Å². The number of hydrogen-bond acceptors (Lipinski definition) is 4. The van der Waals surface area contributed by atoms with Crippen LogP contribution < -0.4 is 10.6 Å². The molecular formula is C12H14BrFN2O3S. The normalized spacial score (nSPS) is 19.1. The van der Waals surface area contributed by atoms with E-state index in [0.717, 1.165) is 25.3 Å². The standard InChI is InChI=1S/C12H14BrFN2O3S/c1-20(18,19)10-5-7(13)4-9(11(10)14)12(17)16-8-2-3-15-6-8/h4-5,8,15H,2-3,6H2,1H3,(H,16,17). The van der Waals surface area contributed by atoms with E-state index in [-0.39, 0.29) is 11.6 Å². The van der Waals surface area contributed by atoms with Crippen molar-refractivity contribution < 1.29 is 17.6 Å². The third-order valence-electron chi connectivity index (χ3n) is 3.04. The number of carbonyl (C=O) groups excluding carboxylic acids is 1. The Hall–Kier alpha value is -0.990. The number of hydrogen-bond donors (Lipinski definition) is 2. The first-order valence-corrected chi connectivity index (χ1v) is 8.68. The maximum Gasteiger partial charge on any atom is 0.254 e. The van der Waals surface area contributed by atoms with E-state index in [1.165, 1.54) is 6.07 Å². The first-order chi connectivity index (χ1) is 9.29. The summed E-state index contributed by atoms with van der Waals surface area (Å²) in [6.07, 6.45) is 1.67. The number of rotatable bonds is 3. The Balaban J connectivity index is 2.36. The van der Waals surface area contributed by atoms with E-state index in [2.05, 4.69) is 26.6 Å². The van der Waals surface area contributed by atoms with E-state index < -0.39 is 26.5 Å². The highest BCUT2D eigenvalue weighted by Crippen LogP contribution is 2.24. The first-order valence-electron chi connectivity index (χ1n) is 5.99. The molecule has 1 unspecified atom stereocenters. The zero-order valence-corrected chi connectivity index (χ0v) is 13.1. The van der Waals surface area contributed by atoms with E-state index >= 15 is 0 Å². The molecule has 0 aromatic heterocycles. The predicted octanol–water partition coefficient (Wildman–Crippen LogP) is 1.08. The molecule has 1 aromatic carbocycles. The van der Waals surface area contributed by atoms with Crippen LogP contribution in [0.25, 0.3) is 0 Å². The van der Waals surface area contributed by atoms with Gasteiger partial charge in [-0.05, 0) is 25.1 Å². The summed E-state index contributed by atoms with van der Waals surface area (Å²) in [6, 6.07) is 2.36. The van der Waals surface area contributed by atoms with Crippen LogP contribution >= 0.6 is 15.9 Å². The van der Waals surface area contributed by atoms with Crippen LogP contribution in [0.15, 0.2) is 21.5 Å². The Morgan fingerprint density at radius 1 is 1.50 bits per heavy atom. The predicted molar refractivity (Wildman–Crippen MR) is 76.0 cm³/mol. The van der Waals surface area contributed by atoms with Gasteiger partial charge in [0, 0.05) is 23.3 Å². The van der Waals surface area contributed by atoms with Crippen LogP contribution in [0.5, 0.6) is 0 Å². The summed E-state index contributed by atoms with van der Waals surface area (Å²) in [7, 11) is -3.74. The molecule has 2 rings (SSSR count). The zero-order valence-electron chi connectivity index (χ0n) is 10.7. The van der Waals surface area contributed by atoms with Crippen molar-refractivity contribution in [3.63, 3.8) is 0 Å². The molecule has 1 saturated heterocycles. The van der Waals surface area contributed by atoms with Crippen molar-refractivity contribution in [3.05, 3.63) is 28.0 Å². The van der Waals surface area contributed by atoms with Gasteiger partial charge in [-0.15, -0.1) is 0 Å². The molecule has 20 heavy (non-hydrogen) atoms. The summed E-state index contributed by atoms with van der Waals surface area (Å²) in [5, 5.41) is 5.76. The second-order valence-corrected chi connectivity index (χ2v) is 7.60. The van der Waals surface area contributed by atoms with E-state index in [9.17, 15) is 17.6 Å². The molecule has 1 heterocycles. The lowest BCUT2D eigenvalue weighted by Crippen LogP contribution is -2.36. The van der Waals surface area contributed by atoms with Gasteiger partial charge in [-0.1, -0.05) is 15.9 Å². The average molecular weight is 365 g/mol. The van der Waals surface area contributed by atoms with Crippen LogP contribution in [0, 0.1) is 5.82 Å². The third kappa shape index (κ3) is 3.36. The van der Waals surface area contributed by atoms with Crippen molar-refractivity contribution in [2.24, 2.45) is 0 Å². The van der Waals surface area contributed by atoms with Gasteiger partial charge in [0.15, 0.2) is 15.7 Å². The minimum atomic E-state index is -3.74. The van der Waals surface area contributed by atoms with Crippen LogP contribution in [-0.2, 0) is 9.84 Å². The lowest BCUT2D eigenvalue weighted by molar-refractivity contribution is 0.0935. The van der Waals surface area contributed by atoms with E-state index in [1.54, 1.807) is 0 Å². The molecule has 1 atom stereocenters. The van der Waals surface area contributed by atoms with Gasteiger partial charge >= 0.3 is 0 Å². The topological polar surface area (TPSA) is 75.3 Å². The van der Waals surface area contributed by atoms with Crippen LogP contribution in [0.2, 0.25) is 0 Å². The van der Waals surface area contributed by atoms with Gasteiger partial charge in [-0.25, -0.2) is 12.8 Å². The molecule has 1 fully saturated rings. The summed E-state index contributed by atoms with van der Waals surface area (Å²) in [4.78, 5) is 11.6. The quantitative estimate of drug-likeness (QED) is 0.841. The van der Waals surface area contributed by atoms with E-state index in [0.29, 0.717) is 11.0 Å². The van der Waals surface area contributed by atoms with Crippen molar-refractivity contribution in [1.82, 2.24) is 10.6 Å². The lowest BCUT2D eigenvalue weighted by atomic mass is 10.1. The number of nitrogens with one attached hydrogen (secondary N) is 2. The Bertz CT molecular complexity index is 642. The second-order valence-electron chi connectivity index (χ2n) is 4.70. The summed E-state index contributed by atoms with van der Waals surface area (Å²) in [5.41, 5.74) is -0.272. The zero-order chi connectivity index (χ0) is 14.9. The highest BCUT2D eigenvalue weighted by atomic mass is 79.9. The van der Waals surface area contributed by atoms with Crippen molar-refractivity contribution in [2.45, 2.75) is 17.4 Å². The SMILES string of the molecule is CS(=O)(=O)c1cc(Br)cc(C(=O)NC2CCNC2)c1F. The molecule has 5 nitrogen and oxygen atoms in total. The minimum Gasteiger partial charge on any atom is -0.348 e. The number of amides is 1. The molecule has 0 spiro atoms. The molecule has 1 aliphatic rings. The van der Waals surface area contributed by atoms with Gasteiger partial charge < -0.3 is 10.6 Å². The molecular weight excluding hydrogens is 351 g/mol. The molecule has 8 heteroatoms. The van der Waals surface area contributed by atoms with Gasteiger partial charge in [0.2, 0.25) is 0 Å².